The van der Waals surface area contributed by atoms with Crippen LogP contribution in [0.3, 0.4) is 0 Å². The molecule has 3 nitrogen and oxygen atoms in total. The topological polar surface area (TPSA) is 40.7 Å². The van der Waals surface area contributed by atoms with Crippen molar-refractivity contribution in [1.29, 1.82) is 0 Å². The van der Waals surface area contributed by atoms with Crippen LogP contribution in [0.25, 0.3) is 0 Å². The molecule has 0 amide bonds. The molecule has 1 rings (SSSR count). The van der Waals surface area contributed by atoms with E-state index in [-0.39, 0.29) is 0 Å². The number of aromatic amines is 1. The Hall–Kier alpha value is -1.27. The predicted molar refractivity (Wildman–Crippen MR) is 53.1 cm³/mol. The largest absolute Gasteiger partial charge is 0.312 e. The highest BCUT2D eigenvalue weighted by atomic mass is 15.1. The molecule has 0 bridgehead atoms. The summed E-state index contributed by atoms with van der Waals surface area (Å²) in [5.74, 6) is 5.87. The number of H-pyrrole nitrogens is 1. The molecule has 0 saturated carbocycles. The fourth-order valence-corrected chi connectivity index (χ4v) is 1.05. The predicted octanol–water partition coefficient (Wildman–Crippen LogP) is 1.22. The monoisotopic (exact) mass is 177 g/mol. The fourth-order valence-electron chi connectivity index (χ4n) is 1.05. The highest BCUT2D eigenvalue weighted by molar-refractivity contribution is 5.13. The zero-order chi connectivity index (χ0) is 9.52. The highest BCUT2D eigenvalue weighted by Crippen LogP contribution is 2.00. The molecular weight excluding hydrogens is 162 g/mol. The second-order valence-electron chi connectivity index (χ2n) is 2.87. The van der Waals surface area contributed by atoms with Crippen molar-refractivity contribution in [2.45, 2.75) is 26.8 Å². The molecule has 0 atom stereocenters. The third-order valence-electron chi connectivity index (χ3n) is 1.85. The van der Waals surface area contributed by atoms with Gasteiger partial charge in [0, 0.05) is 30.8 Å². The maximum Gasteiger partial charge on any atom is 0.0535 e. The first-order chi connectivity index (χ1) is 6.34. The van der Waals surface area contributed by atoms with Gasteiger partial charge in [-0.1, -0.05) is 0 Å². The molecule has 3 heteroatoms. The van der Waals surface area contributed by atoms with E-state index >= 15 is 0 Å². The molecule has 1 heterocycles. The highest BCUT2D eigenvalue weighted by Gasteiger charge is 1.97. The van der Waals surface area contributed by atoms with Gasteiger partial charge in [0.05, 0.1) is 6.20 Å². The van der Waals surface area contributed by atoms with Gasteiger partial charge < -0.3 is 5.32 Å². The van der Waals surface area contributed by atoms with E-state index in [1.807, 2.05) is 20.0 Å². The zero-order valence-corrected chi connectivity index (χ0v) is 8.15. The minimum absolute atomic E-state index is 0.869. The van der Waals surface area contributed by atoms with Crippen LogP contribution in [-0.4, -0.2) is 16.7 Å². The van der Waals surface area contributed by atoms with E-state index in [9.17, 15) is 0 Å². The third kappa shape index (κ3) is 3.30. The molecule has 2 N–H and O–H groups in total. The van der Waals surface area contributed by atoms with Crippen LogP contribution < -0.4 is 5.32 Å². The molecule has 0 aliphatic rings. The Labute approximate surface area is 78.9 Å². The summed E-state index contributed by atoms with van der Waals surface area (Å²) in [5, 5.41) is 10.1. The Morgan fingerprint density at radius 3 is 3.08 bits per heavy atom. The lowest BCUT2D eigenvalue weighted by Gasteiger charge is -1.99. The number of nitrogens with zero attached hydrogens (tertiary/aromatic N) is 1. The smallest absolute Gasteiger partial charge is 0.0535 e. The van der Waals surface area contributed by atoms with Crippen molar-refractivity contribution >= 4 is 0 Å². The van der Waals surface area contributed by atoms with Crippen LogP contribution in [0.1, 0.15) is 24.6 Å². The maximum absolute atomic E-state index is 3.94. The minimum atomic E-state index is 0.869. The molecule has 0 aliphatic carbocycles. The number of aromatic nitrogens is 2. The molecule has 1 aromatic heterocycles. The van der Waals surface area contributed by atoms with Gasteiger partial charge in [0.25, 0.3) is 0 Å². The molecular formula is C10H15N3. The van der Waals surface area contributed by atoms with Crippen LogP contribution in [0, 0.1) is 18.8 Å². The Balaban J connectivity index is 2.19. The van der Waals surface area contributed by atoms with Crippen molar-refractivity contribution in [3.63, 3.8) is 0 Å². The first-order valence-corrected chi connectivity index (χ1v) is 4.43. The minimum Gasteiger partial charge on any atom is -0.312 e. The summed E-state index contributed by atoms with van der Waals surface area (Å²) in [5.41, 5.74) is 2.36. The summed E-state index contributed by atoms with van der Waals surface area (Å²) in [7, 11) is 0. The lowest BCUT2D eigenvalue weighted by molar-refractivity contribution is 0.699. The molecule has 70 valence electrons. The van der Waals surface area contributed by atoms with Crippen molar-refractivity contribution in [1.82, 2.24) is 15.5 Å². The SMILES string of the molecule is CC#CCCNCc1cn[nH]c1C. The Morgan fingerprint density at radius 1 is 1.62 bits per heavy atom. The summed E-state index contributed by atoms with van der Waals surface area (Å²) < 4.78 is 0. The van der Waals surface area contributed by atoms with Crippen molar-refractivity contribution < 1.29 is 0 Å². The number of rotatable bonds is 4. The van der Waals surface area contributed by atoms with Gasteiger partial charge in [-0.25, -0.2) is 0 Å². The summed E-state index contributed by atoms with van der Waals surface area (Å²) in [6.45, 7) is 5.69. The van der Waals surface area contributed by atoms with E-state index in [2.05, 4.69) is 27.4 Å². The molecule has 0 aromatic carbocycles. The normalized spacial score (nSPS) is 9.38. The van der Waals surface area contributed by atoms with Crippen LogP contribution in [0.5, 0.6) is 0 Å². The van der Waals surface area contributed by atoms with E-state index in [4.69, 9.17) is 0 Å². The van der Waals surface area contributed by atoms with Gasteiger partial charge >= 0.3 is 0 Å². The van der Waals surface area contributed by atoms with Gasteiger partial charge in [-0.05, 0) is 13.8 Å². The molecule has 0 saturated heterocycles. The molecule has 13 heavy (non-hydrogen) atoms. The van der Waals surface area contributed by atoms with E-state index in [0.717, 1.165) is 25.2 Å². The van der Waals surface area contributed by atoms with Crippen LogP contribution in [0.2, 0.25) is 0 Å². The zero-order valence-electron chi connectivity index (χ0n) is 8.15. The van der Waals surface area contributed by atoms with Gasteiger partial charge in [-0.2, -0.15) is 5.10 Å². The standard InChI is InChI=1S/C10H15N3/c1-3-4-5-6-11-7-10-8-12-13-9(10)2/h8,11H,5-7H2,1-2H3,(H,12,13). The quantitative estimate of drug-likeness (QED) is 0.536. The Bertz CT molecular complexity index is 303. The molecule has 0 fully saturated rings. The molecule has 0 aliphatic heterocycles. The number of hydrogen-bond acceptors (Lipinski definition) is 2. The first kappa shape index (κ1) is 9.82. The van der Waals surface area contributed by atoms with Gasteiger partial charge in [-0.15, -0.1) is 11.8 Å². The van der Waals surface area contributed by atoms with Crippen molar-refractivity contribution in [3.05, 3.63) is 17.5 Å². The summed E-state index contributed by atoms with van der Waals surface area (Å²) in [6, 6.07) is 0. The molecule has 0 unspecified atom stereocenters. The van der Waals surface area contributed by atoms with E-state index in [1.54, 1.807) is 0 Å². The lowest BCUT2D eigenvalue weighted by atomic mass is 10.2. The lowest BCUT2D eigenvalue weighted by Crippen LogP contribution is -2.14. The van der Waals surface area contributed by atoms with Crippen molar-refractivity contribution in [2.75, 3.05) is 6.54 Å². The van der Waals surface area contributed by atoms with Gasteiger partial charge in [0.15, 0.2) is 0 Å². The Morgan fingerprint density at radius 2 is 2.46 bits per heavy atom. The number of nitrogens with one attached hydrogen (secondary N) is 2. The first-order valence-electron chi connectivity index (χ1n) is 4.43. The van der Waals surface area contributed by atoms with E-state index in [1.165, 1.54) is 5.56 Å². The van der Waals surface area contributed by atoms with Crippen LogP contribution in [-0.2, 0) is 6.54 Å². The van der Waals surface area contributed by atoms with Crippen LogP contribution in [0.15, 0.2) is 6.20 Å². The van der Waals surface area contributed by atoms with Crippen LogP contribution in [0.4, 0.5) is 0 Å². The molecule has 1 aromatic rings. The summed E-state index contributed by atoms with van der Waals surface area (Å²) in [6.07, 6.45) is 2.77. The maximum atomic E-state index is 3.94. The summed E-state index contributed by atoms with van der Waals surface area (Å²) in [4.78, 5) is 0. The van der Waals surface area contributed by atoms with Crippen molar-refractivity contribution in [2.24, 2.45) is 0 Å². The summed E-state index contributed by atoms with van der Waals surface area (Å²) >= 11 is 0. The fraction of sp³-hybridized carbons (Fsp3) is 0.500. The number of aryl methyl sites for hydroxylation is 1. The second-order valence-corrected chi connectivity index (χ2v) is 2.87. The van der Waals surface area contributed by atoms with Crippen LogP contribution >= 0.6 is 0 Å². The van der Waals surface area contributed by atoms with Gasteiger partial charge in [0.2, 0.25) is 0 Å². The molecule has 0 spiro atoms. The second kappa shape index (κ2) is 5.39. The molecule has 0 radical (unpaired) electrons. The van der Waals surface area contributed by atoms with Gasteiger partial charge in [0.1, 0.15) is 0 Å². The van der Waals surface area contributed by atoms with E-state index < -0.39 is 0 Å². The average molecular weight is 177 g/mol. The average Bonchev–Trinajstić information content (AvgIpc) is 2.52. The third-order valence-corrected chi connectivity index (χ3v) is 1.85. The van der Waals surface area contributed by atoms with Gasteiger partial charge in [-0.3, -0.25) is 5.10 Å². The Kier molecular flexibility index (Phi) is 4.07. The number of hydrogen-bond donors (Lipinski definition) is 2. The van der Waals surface area contributed by atoms with E-state index in [0.29, 0.717) is 0 Å². The van der Waals surface area contributed by atoms with Crippen molar-refractivity contribution in [3.8, 4) is 11.8 Å².